The summed E-state index contributed by atoms with van der Waals surface area (Å²) in [6.45, 7) is 0. The molecule has 1 aromatic rings. The van der Waals surface area contributed by atoms with Gasteiger partial charge in [-0.05, 0) is 17.3 Å². The first-order valence-electron chi connectivity index (χ1n) is 5.12. The largest absolute Gasteiger partial charge is 0.397 e. The van der Waals surface area contributed by atoms with Gasteiger partial charge in [-0.1, -0.05) is 6.07 Å². The molecule has 0 spiro atoms. The van der Waals surface area contributed by atoms with Gasteiger partial charge in [0.2, 0.25) is 0 Å². The number of hydrogen-bond acceptors (Lipinski definition) is 4. The molecule has 0 N–H and O–H groups in total. The molecule has 0 atom stereocenters. The summed E-state index contributed by atoms with van der Waals surface area (Å²) in [4.78, 5) is 24.6. The van der Waals surface area contributed by atoms with E-state index >= 15 is 0 Å². The zero-order valence-electron chi connectivity index (χ0n) is 9.89. The molecule has 0 unspecified atom stereocenters. The summed E-state index contributed by atoms with van der Waals surface area (Å²) in [5, 5.41) is 0.852. The third-order valence-electron chi connectivity index (χ3n) is 2.81. The van der Waals surface area contributed by atoms with Gasteiger partial charge in [0.25, 0.3) is 11.8 Å². The molecule has 0 radical (unpaired) electrons. The number of nitrogens with zero attached hydrogens (tertiary/aromatic N) is 1. The van der Waals surface area contributed by atoms with Crippen LogP contribution < -0.4 is 5.19 Å². The molecule has 0 saturated heterocycles. The first-order chi connectivity index (χ1) is 8.10. The van der Waals surface area contributed by atoms with E-state index in [1.165, 1.54) is 7.05 Å². The quantitative estimate of drug-likeness (QED) is 0.543. The van der Waals surface area contributed by atoms with Crippen molar-refractivity contribution in [3.05, 3.63) is 29.3 Å². The average Bonchev–Trinajstić information content (AvgIpc) is 2.56. The number of imide groups is 1. The van der Waals surface area contributed by atoms with Crippen LogP contribution in [-0.2, 0) is 8.85 Å². The van der Waals surface area contributed by atoms with E-state index in [-0.39, 0.29) is 11.8 Å². The fraction of sp³-hybridized carbons (Fsp3) is 0.273. The first-order valence-corrected chi connectivity index (χ1v) is 6.64. The fourth-order valence-corrected chi connectivity index (χ4v) is 3.19. The van der Waals surface area contributed by atoms with Gasteiger partial charge in [0, 0.05) is 21.3 Å². The standard InChI is InChI=1S/C11H13NO4Si/c1-12-10(13)8-5-4-7(17(15-2)16-3)6-9(8)11(12)14/h4-6,17H,1-3H3. The van der Waals surface area contributed by atoms with Gasteiger partial charge in [0.15, 0.2) is 0 Å². The van der Waals surface area contributed by atoms with Crippen LogP contribution in [0.1, 0.15) is 20.7 Å². The van der Waals surface area contributed by atoms with Gasteiger partial charge < -0.3 is 8.85 Å². The number of amides is 2. The molecular formula is C11H13NO4Si. The predicted octanol–water partition coefficient (Wildman–Crippen LogP) is -0.367. The molecule has 1 aliphatic rings. The number of rotatable bonds is 3. The minimum atomic E-state index is -1.94. The predicted molar refractivity (Wildman–Crippen MR) is 63.7 cm³/mol. The molecule has 1 aromatic carbocycles. The van der Waals surface area contributed by atoms with Gasteiger partial charge >= 0.3 is 9.28 Å². The second-order valence-corrected chi connectivity index (χ2v) is 6.05. The normalized spacial score (nSPS) is 14.7. The van der Waals surface area contributed by atoms with Gasteiger partial charge in [-0.2, -0.15) is 0 Å². The summed E-state index contributed by atoms with van der Waals surface area (Å²) < 4.78 is 10.5. The van der Waals surface area contributed by atoms with Crippen molar-refractivity contribution in [3.8, 4) is 0 Å². The molecule has 0 bridgehead atoms. The lowest BCUT2D eigenvalue weighted by atomic mass is 10.1. The van der Waals surface area contributed by atoms with Crippen LogP contribution in [0.3, 0.4) is 0 Å². The zero-order chi connectivity index (χ0) is 12.6. The van der Waals surface area contributed by atoms with Crippen molar-refractivity contribution >= 4 is 26.3 Å². The van der Waals surface area contributed by atoms with E-state index in [4.69, 9.17) is 8.85 Å². The molecule has 1 aliphatic heterocycles. The summed E-state index contributed by atoms with van der Waals surface area (Å²) in [5.74, 6) is -0.531. The summed E-state index contributed by atoms with van der Waals surface area (Å²) in [6, 6.07) is 5.14. The maximum absolute atomic E-state index is 11.8. The molecule has 6 heteroatoms. The van der Waals surface area contributed by atoms with Crippen LogP contribution in [0.15, 0.2) is 18.2 Å². The zero-order valence-corrected chi connectivity index (χ0v) is 11.0. The minimum Gasteiger partial charge on any atom is -0.397 e. The minimum absolute atomic E-state index is 0.260. The van der Waals surface area contributed by atoms with Crippen LogP contribution in [0.5, 0.6) is 0 Å². The average molecular weight is 251 g/mol. The van der Waals surface area contributed by atoms with Gasteiger partial charge in [-0.25, -0.2) is 0 Å². The second-order valence-electron chi connectivity index (χ2n) is 3.78. The van der Waals surface area contributed by atoms with Crippen molar-refractivity contribution in [2.24, 2.45) is 0 Å². The van der Waals surface area contributed by atoms with Crippen molar-refractivity contribution < 1.29 is 18.4 Å². The second kappa shape index (κ2) is 4.40. The lowest BCUT2D eigenvalue weighted by Crippen LogP contribution is -2.35. The Hall–Kier alpha value is -1.50. The number of fused-ring (bicyclic) bond motifs is 1. The number of benzene rings is 1. The molecule has 17 heavy (non-hydrogen) atoms. The topological polar surface area (TPSA) is 55.8 Å². The molecule has 0 aromatic heterocycles. The highest BCUT2D eigenvalue weighted by molar-refractivity contribution is 6.61. The molecule has 0 fully saturated rings. The third-order valence-corrected chi connectivity index (χ3v) is 4.57. The fourth-order valence-electron chi connectivity index (χ4n) is 1.89. The Labute approximate surface area is 101 Å². The maximum Gasteiger partial charge on any atom is 0.355 e. The molecule has 0 saturated carbocycles. The van der Waals surface area contributed by atoms with E-state index in [9.17, 15) is 9.59 Å². The summed E-state index contributed by atoms with van der Waals surface area (Å²) in [5.41, 5.74) is 0.878. The smallest absolute Gasteiger partial charge is 0.355 e. The van der Waals surface area contributed by atoms with E-state index < -0.39 is 9.28 Å². The van der Waals surface area contributed by atoms with E-state index in [0.717, 1.165) is 10.1 Å². The summed E-state index contributed by atoms with van der Waals surface area (Å²) in [7, 11) is 2.70. The highest BCUT2D eigenvalue weighted by Gasteiger charge is 2.33. The van der Waals surface area contributed by atoms with Crippen LogP contribution in [0.2, 0.25) is 0 Å². The monoisotopic (exact) mass is 251 g/mol. The van der Waals surface area contributed by atoms with Crippen molar-refractivity contribution in [3.63, 3.8) is 0 Å². The van der Waals surface area contributed by atoms with Gasteiger partial charge in [-0.3, -0.25) is 14.5 Å². The number of carbonyl (C=O) groups is 2. The van der Waals surface area contributed by atoms with Crippen LogP contribution >= 0.6 is 0 Å². The van der Waals surface area contributed by atoms with Gasteiger partial charge in [0.1, 0.15) is 0 Å². The Morgan fingerprint density at radius 1 is 1.06 bits per heavy atom. The van der Waals surface area contributed by atoms with Crippen LogP contribution in [0.4, 0.5) is 0 Å². The van der Waals surface area contributed by atoms with Crippen LogP contribution in [0, 0.1) is 0 Å². The lowest BCUT2D eigenvalue weighted by molar-refractivity contribution is 0.0693. The Balaban J connectivity index is 2.46. The molecular weight excluding hydrogens is 238 g/mol. The summed E-state index contributed by atoms with van der Waals surface area (Å²) >= 11 is 0. The Morgan fingerprint density at radius 2 is 1.65 bits per heavy atom. The molecule has 2 rings (SSSR count). The molecule has 1 heterocycles. The van der Waals surface area contributed by atoms with Crippen molar-refractivity contribution in [1.29, 1.82) is 0 Å². The van der Waals surface area contributed by atoms with E-state index in [0.29, 0.717) is 11.1 Å². The number of carbonyl (C=O) groups excluding carboxylic acids is 2. The highest BCUT2D eigenvalue weighted by Crippen LogP contribution is 2.20. The Bertz CT molecular complexity index is 484. The molecule has 5 nitrogen and oxygen atoms in total. The van der Waals surface area contributed by atoms with Gasteiger partial charge in [-0.15, -0.1) is 0 Å². The number of hydrogen-bond donors (Lipinski definition) is 0. The van der Waals surface area contributed by atoms with Crippen molar-refractivity contribution in [2.75, 3.05) is 21.3 Å². The van der Waals surface area contributed by atoms with Crippen LogP contribution in [0.25, 0.3) is 0 Å². The SMILES string of the molecule is CO[SiH](OC)c1ccc2c(c1)C(=O)N(C)C2=O. The lowest BCUT2D eigenvalue weighted by Gasteiger charge is -2.11. The highest BCUT2D eigenvalue weighted by atomic mass is 28.3. The summed E-state index contributed by atoms with van der Waals surface area (Å²) in [6.07, 6.45) is 0. The van der Waals surface area contributed by atoms with E-state index in [1.807, 2.05) is 0 Å². The molecule has 2 amide bonds. The molecule has 0 aliphatic carbocycles. The maximum atomic E-state index is 11.8. The van der Waals surface area contributed by atoms with Gasteiger partial charge in [0.05, 0.1) is 11.1 Å². The van der Waals surface area contributed by atoms with Crippen LogP contribution in [-0.4, -0.2) is 47.3 Å². The van der Waals surface area contributed by atoms with Crippen molar-refractivity contribution in [2.45, 2.75) is 0 Å². The molecule has 90 valence electrons. The Morgan fingerprint density at radius 3 is 2.24 bits per heavy atom. The first kappa shape index (κ1) is 12.0. The van der Waals surface area contributed by atoms with E-state index in [1.54, 1.807) is 32.4 Å². The Kier molecular flexibility index (Phi) is 3.10. The van der Waals surface area contributed by atoms with E-state index in [2.05, 4.69) is 0 Å². The third kappa shape index (κ3) is 1.80. The van der Waals surface area contributed by atoms with Crippen molar-refractivity contribution in [1.82, 2.24) is 4.90 Å².